The minimum atomic E-state index is -1.45. The van der Waals surface area contributed by atoms with E-state index in [4.69, 9.17) is 0 Å². The molecule has 2 aromatic carbocycles. The molecule has 0 radical (unpaired) electrons. The van der Waals surface area contributed by atoms with Crippen LogP contribution < -0.4 is 0 Å². The van der Waals surface area contributed by atoms with Crippen molar-refractivity contribution in [1.29, 1.82) is 0 Å². The molecule has 3 rings (SSSR count). The molecule has 0 fully saturated rings. The van der Waals surface area contributed by atoms with Crippen molar-refractivity contribution in [2.75, 3.05) is 0 Å². The summed E-state index contributed by atoms with van der Waals surface area (Å²) in [6, 6.07) is 12.2. The highest BCUT2D eigenvalue weighted by Crippen LogP contribution is 2.50. The first-order valence-corrected chi connectivity index (χ1v) is 8.84. The lowest BCUT2D eigenvalue weighted by atomic mass is 9.90. The van der Waals surface area contributed by atoms with Crippen LogP contribution in [-0.2, 0) is 5.67 Å². The molecule has 124 valence electrons. The second-order valence-corrected chi connectivity index (χ2v) is 7.30. The molecule has 2 atom stereocenters. The molecule has 0 saturated carbocycles. The minimum Gasteiger partial charge on any atom is -0.234 e. The molecule has 0 aliphatic heterocycles. The zero-order valence-electron chi connectivity index (χ0n) is 15.2. The zero-order chi connectivity index (χ0) is 17.5. The molecule has 0 spiro atoms. The Morgan fingerprint density at radius 2 is 1.62 bits per heavy atom. The summed E-state index contributed by atoms with van der Waals surface area (Å²) in [5, 5.41) is 0. The lowest BCUT2D eigenvalue weighted by Crippen LogP contribution is -2.13. The summed E-state index contributed by atoms with van der Waals surface area (Å²) in [5.41, 5.74) is 4.21. The van der Waals surface area contributed by atoms with Gasteiger partial charge in [-0.1, -0.05) is 63.8 Å². The normalized spacial score (nSPS) is 19.5. The third-order valence-electron chi connectivity index (χ3n) is 5.05. The number of hydrogen-bond acceptors (Lipinski definition) is 0. The van der Waals surface area contributed by atoms with Crippen molar-refractivity contribution in [3.05, 3.63) is 58.7 Å². The van der Waals surface area contributed by atoms with Crippen LogP contribution in [0.25, 0.3) is 11.1 Å². The summed E-state index contributed by atoms with van der Waals surface area (Å²) in [5.74, 6) is 7.08. The highest BCUT2D eigenvalue weighted by Gasteiger charge is 2.40. The first kappa shape index (κ1) is 16.8. The average Bonchev–Trinajstić information content (AvgIpc) is 2.79. The van der Waals surface area contributed by atoms with E-state index < -0.39 is 5.67 Å². The van der Waals surface area contributed by atoms with E-state index in [1.165, 1.54) is 5.56 Å². The van der Waals surface area contributed by atoms with Gasteiger partial charge in [0.25, 0.3) is 0 Å². The number of alkyl halides is 1. The molecule has 0 amide bonds. The topological polar surface area (TPSA) is 0 Å². The Morgan fingerprint density at radius 1 is 1.00 bits per heavy atom. The van der Waals surface area contributed by atoms with Gasteiger partial charge in [0, 0.05) is 22.6 Å². The van der Waals surface area contributed by atoms with Crippen molar-refractivity contribution in [3.8, 4) is 23.0 Å². The number of fused-ring (bicyclic) bond motifs is 3. The van der Waals surface area contributed by atoms with Gasteiger partial charge in [-0.3, -0.25) is 0 Å². The second kappa shape index (κ2) is 6.10. The van der Waals surface area contributed by atoms with Gasteiger partial charge >= 0.3 is 0 Å². The van der Waals surface area contributed by atoms with Gasteiger partial charge in [0.1, 0.15) is 0 Å². The smallest absolute Gasteiger partial charge is 0.159 e. The molecule has 0 heterocycles. The minimum absolute atomic E-state index is 0.310. The maximum atomic E-state index is 15.7. The van der Waals surface area contributed by atoms with E-state index in [0.717, 1.165) is 34.2 Å². The lowest BCUT2D eigenvalue weighted by Gasteiger charge is -2.19. The van der Waals surface area contributed by atoms with Crippen molar-refractivity contribution in [1.82, 2.24) is 0 Å². The summed E-state index contributed by atoms with van der Waals surface area (Å²) in [6.45, 7) is 10.2. The van der Waals surface area contributed by atoms with Crippen molar-refractivity contribution in [3.63, 3.8) is 0 Å². The molecule has 2 aromatic rings. The van der Waals surface area contributed by atoms with Crippen LogP contribution in [0.3, 0.4) is 0 Å². The monoisotopic (exact) mass is 320 g/mol. The Labute approximate surface area is 145 Å². The fraction of sp³-hybridized carbons (Fsp3) is 0.391. The number of halogens is 1. The highest BCUT2D eigenvalue weighted by molar-refractivity contribution is 5.81. The highest BCUT2D eigenvalue weighted by atomic mass is 19.1. The molecule has 2 unspecified atom stereocenters. The molecule has 0 aromatic heterocycles. The van der Waals surface area contributed by atoms with Gasteiger partial charge in [0.2, 0.25) is 0 Å². The maximum Gasteiger partial charge on any atom is 0.159 e. The Hall–Kier alpha value is -2.07. The van der Waals surface area contributed by atoms with Crippen molar-refractivity contribution in [2.45, 2.75) is 52.6 Å². The van der Waals surface area contributed by atoms with Gasteiger partial charge in [-0.05, 0) is 48.1 Å². The van der Waals surface area contributed by atoms with Crippen LogP contribution in [0.4, 0.5) is 4.39 Å². The first-order valence-electron chi connectivity index (χ1n) is 8.84. The number of rotatable bonds is 2. The predicted octanol–water partition coefficient (Wildman–Crippen LogP) is 6.42. The summed E-state index contributed by atoms with van der Waals surface area (Å²) < 4.78 is 15.7. The molecule has 1 heteroatoms. The van der Waals surface area contributed by atoms with Crippen LogP contribution in [0.5, 0.6) is 0 Å². The van der Waals surface area contributed by atoms with Crippen molar-refractivity contribution < 1.29 is 4.39 Å². The van der Waals surface area contributed by atoms with Gasteiger partial charge in [-0.15, -0.1) is 0 Å². The van der Waals surface area contributed by atoms with E-state index in [0.29, 0.717) is 11.8 Å². The molecular formula is C23H25F. The maximum absolute atomic E-state index is 15.7. The Balaban J connectivity index is 2.11. The molecular weight excluding hydrogens is 295 g/mol. The van der Waals surface area contributed by atoms with E-state index in [1.807, 2.05) is 18.2 Å². The summed E-state index contributed by atoms with van der Waals surface area (Å²) in [4.78, 5) is 0. The quantitative estimate of drug-likeness (QED) is 0.560. The average molecular weight is 320 g/mol. The summed E-state index contributed by atoms with van der Waals surface area (Å²) >= 11 is 0. The van der Waals surface area contributed by atoms with Crippen LogP contribution in [0.1, 0.15) is 69.2 Å². The molecule has 1 aliphatic carbocycles. The van der Waals surface area contributed by atoms with Crippen molar-refractivity contribution >= 4 is 0 Å². The van der Waals surface area contributed by atoms with E-state index in [-0.39, 0.29) is 0 Å². The standard InChI is InChI=1S/C23H25F/c1-6-16(4)18-10-12-20-19-11-9-17(8-7-15(2)3)13-21(19)23(5,24)22(20)14-18/h9-16H,6H2,1-5H3. The van der Waals surface area contributed by atoms with Crippen LogP contribution in [-0.4, -0.2) is 0 Å². The summed E-state index contributed by atoms with van der Waals surface area (Å²) in [6.07, 6.45) is 1.06. The first-order chi connectivity index (χ1) is 11.3. The van der Waals surface area contributed by atoms with Crippen molar-refractivity contribution in [2.24, 2.45) is 5.92 Å². The van der Waals surface area contributed by atoms with Crippen LogP contribution in [0.2, 0.25) is 0 Å². The summed E-state index contributed by atoms with van der Waals surface area (Å²) in [7, 11) is 0. The molecule has 0 nitrogen and oxygen atoms in total. The van der Waals surface area contributed by atoms with Gasteiger partial charge in [0.05, 0.1) is 0 Å². The SMILES string of the molecule is CCC(C)c1ccc2c(c1)C(C)(F)c1cc(C#CC(C)C)ccc1-2. The van der Waals surface area contributed by atoms with E-state index in [1.54, 1.807) is 6.92 Å². The fourth-order valence-corrected chi connectivity index (χ4v) is 3.35. The van der Waals surface area contributed by atoms with E-state index in [9.17, 15) is 0 Å². The van der Waals surface area contributed by atoms with E-state index >= 15 is 4.39 Å². The molecule has 0 N–H and O–H groups in total. The fourth-order valence-electron chi connectivity index (χ4n) is 3.35. The van der Waals surface area contributed by atoms with Crippen LogP contribution in [0.15, 0.2) is 36.4 Å². The third-order valence-corrected chi connectivity index (χ3v) is 5.05. The Kier molecular flexibility index (Phi) is 4.26. The molecule has 1 aliphatic rings. The Bertz CT molecular complexity index is 831. The lowest BCUT2D eigenvalue weighted by molar-refractivity contribution is 0.258. The van der Waals surface area contributed by atoms with Gasteiger partial charge < -0.3 is 0 Å². The van der Waals surface area contributed by atoms with Gasteiger partial charge in [-0.2, -0.15) is 0 Å². The van der Waals surface area contributed by atoms with E-state index in [2.05, 4.69) is 57.7 Å². The Morgan fingerprint density at radius 3 is 2.25 bits per heavy atom. The van der Waals surface area contributed by atoms with Gasteiger partial charge in [-0.25, -0.2) is 4.39 Å². The second-order valence-electron chi connectivity index (χ2n) is 7.30. The van der Waals surface area contributed by atoms with Gasteiger partial charge in [0.15, 0.2) is 5.67 Å². The number of benzene rings is 2. The zero-order valence-corrected chi connectivity index (χ0v) is 15.2. The largest absolute Gasteiger partial charge is 0.234 e. The molecule has 0 saturated heterocycles. The number of hydrogen-bond donors (Lipinski definition) is 0. The molecule has 24 heavy (non-hydrogen) atoms. The van der Waals surface area contributed by atoms with Crippen LogP contribution in [0, 0.1) is 17.8 Å². The predicted molar refractivity (Wildman–Crippen MR) is 99.9 cm³/mol. The molecule has 0 bridgehead atoms. The third kappa shape index (κ3) is 2.75. The van der Waals surface area contributed by atoms with Crippen LogP contribution >= 0.6 is 0 Å².